The molecular weight excluding hydrogens is 292 g/mol. The quantitative estimate of drug-likeness (QED) is 0.684. The Labute approximate surface area is 128 Å². The van der Waals surface area contributed by atoms with Crippen molar-refractivity contribution in [2.75, 3.05) is 13.7 Å². The van der Waals surface area contributed by atoms with Crippen molar-refractivity contribution in [2.24, 2.45) is 0 Å². The zero-order valence-electron chi connectivity index (χ0n) is 11.8. The van der Waals surface area contributed by atoms with Gasteiger partial charge in [-0.05, 0) is 48.0 Å². The molecule has 2 heterocycles. The molecule has 1 aromatic heterocycles. The van der Waals surface area contributed by atoms with E-state index < -0.39 is 0 Å². The summed E-state index contributed by atoms with van der Waals surface area (Å²) in [7, 11) is 1.41. The van der Waals surface area contributed by atoms with Crippen LogP contribution in [0.4, 0.5) is 0 Å². The van der Waals surface area contributed by atoms with Crippen molar-refractivity contribution in [2.45, 2.75) is 26.3 Å². The van der Waals surface area contributed by atoms with Gasteiger partial charge in [0.25, 0.3) is 0 Å². The highest BCUT2D eigenvalue weighted by Gasteiger charge is 2.34. The second kappa shape index (κ2) is 6.37. The van der Waals surface area contributed by atoms with Crippen LogP contribution in [0.1, 0.15) is 31.9 Å². The summed E-state index contributed by atoms with van der Waals surface area (Å²) in [6.45, 7) is 4.79. The number of thiophene rings is 1. The molecule has 2 rings (SSSR count). The third kappa shape index (κ3) is 2.71. The monoisotopic (exact) mass is 310 g/mol. The van der Waals surface area contributed by atoms with E-state index in [0.717, 1.165) is 24.2 Å². The number of thiocarbonyl (C=S) groups is 1. The van der Waals surface area contributed by atoms with Crippen LogP contribution in [0.5, 0.6) is 0 Å². The average Bonchev–Trinajstić information content (AvgIpc) is 2.96. The molecule has 0 spiro atoms. The lowest BCUT2D eigenvalue weighted by Gasteiger charge is -2.37. The summed E-state index contributed by atoms with van der Waals surface area (Å²) in [6.07, 6.45) is 0.955. The molecule has 0 saturated carbocycles. The fourth-order valence-corrected chi connectivity index (χ4v) is 3.37. The second-order valence-corrected chi connectivity index (χ2v) is 5.75. The van der Waals surface area contributed by atoms with Crippen LogP contribution < -0.4 is 5.32 Å². The van der Waals surface area contributed by atoms with Gasteiger partial charge in [0.15, 0.2) is 5.11 Å². The number of nitrogens with one attached hydrogen (secondary N) is 1. The number of methoxy groups -OCH3 is 1. The molecule has 1 aromatic rings. The van der Waals surface area contributed by atoms with Crippen LogP contribution in [0.15, 0.2) is 28.1 Å². The van der Waals surface area contributed by atoms with Crippen molar-refractivity contribution in [3.05, 3.63) is 33.7 Å². The van der Waals surface area contributed by atoms with Gasteiger partial charge in [0.2, 0.25) is 0 Å². The minimum atomic E-state index is -0.310. The summed E-state index contributed by atoms with van der Waals surface area (Å²) in [6, 6.07) is 1.77. The average molecular weight is 310 g/mol. The molecule has 108 valence electrons. The minimum Gasteiger partial charge on any atom is -0.466 e. The van der Waals surface area contributed by atoms with Gasteiger partial charge in [0.05, 0.1) is 18.7 Å². The molecule has 0 aliphatic carbocycles. The SMILES string of the molecule is CCCN1C(=S)NC(c2ccsc2)C(C(=O)OC)=C1C. The highest BCUT2D eigenvalue weighted by molar-refractivity contribution is 7.80. The van der Waals surface area contributed by atoms with Crippen LogP contribution in [-0.2, 0) is 9.53 Å². The fraction of sp³-hybridized carbons (Fsp3) is 0.429. The van der Waals surface area contributed by atoms with Gasteiger partial charge < -0.3 is 15.0 Å². The van der Waals surface area contributed by atoms with E-state index in [1.54, 1.807) is 11.3 Å². The number of allylic oxidation sites excluding steroid dienone is 1. The molecule has 0 fully saturated rings. The molecule has 1 aliphatic heterocycles. The fourth-order valence-electron chi connectivity index (χ4n) is 2.34. The summed E-state index contributed by atoms with van der Waals surface area (Å²) < 4.78 is 4.95. The number of hydrogen-bond acceptors (Lipinski definition) is 4. The Bertz CT molecular complexity index is 537. The van der Waals surface area contributed by atoms with E-state index in [1.807, 2.05) is 28.7 Å². The topological polar surface area (TPSA) is 41.6 Å². The predicted molar refractivity (Wildman–Crippen MR) is 84.5 cm³/mol. The van der Waals surface area contributed by atoms with Gasteiger partial charge >= 0.3 is 5.97 Å². The van der Waals surface area contributed by atoms with Crippen molar-refractivity contribution in [1.82, 2.24) is 10.2 Å². The van der Waals surface area contributed by atoms with Gasteiger partial charge in [-0.15, -0.1) is 0 Å². The highest BCUT2D eigenvalue weighted by Crippen LogP contribution is 2.32. The normalized spacial score (nSPS) is 19.1. The highest BCUT2D eigenvalue weighted by atomic mass is 32.1. The molecule has 4 nitrogen and oxygen atoms in total. The molecule has 1 aliphatic rings. The van der Waals surface area contributed by atoms with Gasteiger partial charge in [0.1, 0.15) is 0 Å². The summed E-state index contributed by atoms with van der Waals surface area (Å²) in [5.74, 6) is -0.310. The number of esters is 1. The van der Waals surface area contributed by atoms with Crippen molar-refractivity contribution in [3.63, 3.8) is 0 Å². The Morgan fingerprint density at radius 1 is 1.60 bits per heavy atom. The maximum atomic E-state index is 12.2. The zero-order valence-corrected chi connectivity index (χ0v) is 13.4. The smallest absolute Gasteiger partial charge is 0.337 e. The third-order valence-electron chi connectivity index (χ3n) is 3.33. The maximum Gasteiger partial charge on any atom is 0.337 e. The molecule has 0 saturated heterocycles. The summed E-state index contributed by atoms with van der Waals surface area (Å²) in [5.41, 5.74) is 2.54. The van der Waals surface area contributed by atoms with Gasteiger partial charge in [0, 0.05) is 12.2 Å². The third-order valence-corrected chi connectivity index (χ3v) is 4.37. The molecule has 0 aromatic carbocycles. The molecule has 0 amide bonds. The first-order valence-corrected chi connectivity index (χ1v) is 7.84. The largest absolute Gasteiger partial charge is 0.466 e. The molecule has 1 N–H and O–H groups in total. The Balaban J connectivity index is 2.48. The molecule has 1 atom stereocenters. The maximum absolute atomic E-state index is 12.2. The lowest BCUT2D eigenvalue weighted by atomic mass is 9.97. The van der Waals surface area contributed by atoms with Crippen LogP contribution >= 0.6 is 23.6 Å². The Kier molecular flexibility index (Phi) is 4.77. The van der Waals surface area contributed by atoms with Crippen LogP contribution in [0.3, 0.4) is 0 Å². The first kappa shape index (κ1) is 15.0. The van der Waals surface area contributed by atoms with Gasteiger partial charge in [-0.1, -0.05) is 6.92 Å². The lowest BCUT2D eigenvalue weighted by molar-refractivity contribution is -0.136. The van der Waals surface area contributed by atoms with Gasteiger partial charge in [-0.25, -0.2) is 4.79 Å². The summed E-state index contributed by atoms with van der Waals surface area (Å²) >= 11 is 7.02. The molecule has 20 heavy (non-hydrogen) atoms. The lowest BCUT2D eigenvalue weighted by Crippen LogP contribution is -2.47. The van der Waals surface area contributed by atoms with E-state index in [1.165, 1.54) is 7.11 Å². The van der Waals surface area contributed by atoms with Crippen molar-refractivity contribution in [1.29, 1.82) is 0 Å². The Morgan fingerprint density at radius 3 is 2.90 bits per heavy atom. The Morgan fingerprint density at radius 2 is 2.35 bits per heavy atom. The van der Waals surface area contributed by atoms with Gasteiger partial charge in [-0.3, -0.25) is 0 Å². The standard InChI is InChI=1S/C14H18N2O2S2/c1-4-6-16-9(2)11(13(17)18-3)12(15-14(16)19)10-5-7-20-8-10/h5,7-8,12H,4,6H2,1-3H3,(H,15,19). The molecular formula is C14H18N2O2S2. The zero-order chi connectivity index (χ0) is 14.7. The molecule has 0 bridgehead atoms. The van der Waals surface area contributed by atoms with E-state index >= 15 is 0 Å². The van der Waals surface area contributed by atoms with Crippen LogP contribution in [0.25, 0.3) is 0 Å². The first-order chi connectivity index (χ1) is 9.60. The minimum absolute atomic E-state index is 0.227. The number of carbonyl (C=O) groups is 1. The van der Waals surface area contributed by atoms with Crippen molar-refractivity contribution < 1.29 is 9.53 Å². The van der Waals surface area contributed by atoms with Crippen LogP contribution in [0.2, 0.25) is 0 Å². The first-order valence-electron chi connectivity index (χ1n) is 6.49. The summed E-state index contributed by atoms with van der Waals surface area (Å²) in [4.78, 5) is 14.1. The van der Waals surface area contributed by atoms with Crippen molar-refractivity contribution in [3.8, 4) is 0 Å². The van der Waals surface area contributed by atoms with Crippen molar-refractivity contribution >= 4 is 34.6 Å². The van der Waals surface area contributed by atoms with Crippen LogP contribution in [-0.4, -0.2) is 29.6 Å². The number of rotatable bonds is 4. The number of carbonyl (C=O) groups excluding carboxylic acids is 1. The van der Waals surface area contributed by atoms with Crippen LogP contribution in [0, 0.1) is 0 Å². The van der Waals surface area contributed by atoms with E-state index in [4.69, 9.17) is 17.0 Å². The molecule has 1 unspecified atom stereocenters. The van der Waals surface area contributed by atoms with Gasteiger partial charge in [-0.2, -0.15) is 11.3 Å². The molecule has 0 radical (unpaired) electrons. The predicted octanol–water partition coefficient (Wildman–Crippen LogP) is 2.84. The van der Waals surface area contributed by atoms with E-state index in [0.29, 0.717) is 10.7 Å². The Hall–Kier alpha value is -1.40. The van der Waals surface area contributed by atoms with E-state index in [9.17, 15) is 4.79 Å². The second-order valence-electron chi connectivity index (χ2n) is 4.58. The molecule has 6 heteroatoms. The van der Waals surface area contributed by atoms with E-state index in [2.05, 4.69) is 12.2 Å². The van der Waals surface area contributed by atoms with E-state index in [-0.39, 0.29) is 12.0 Å². The number of hydrogen-bond donors (Lipinski definition) is 1. The summed E-state index contributed by atoms with van der Waals surface area (Å²) in [5, 5.41) is 7.92. The number of nitrogens with zero attached hydrogens (tertiary/aromatic N) is 1. The number of ether oxygens (including phenoxy) is 1.